The average Bonchev–Trinajstić information content (AvgIpc) is 3.50. The number of rotatable bonds is 7. The first kappa shape index (κ1) is 19.5. The number of oxazole rings is 1. The Balaban J connectivity index is 1.13. The molecule has 30 heavy (non-hydrogen) atoms. The number of aliphatic hydroxyl groups excluding tert-OH is 1. The van der Waals surface area contributed by atoms with Crippen LogP contribution in [0.3, 0.4) is 0 Å². The third-order valence-electron chi connectivity index (χ3n) is 6.78. The minimum atomic E-state index is -0.709. The molecule has 1 amide bonds. The van der Waals surface area contributed by atoms with E-state index < -0.39 is 18.3 Å². The van der Waals surface area contributed by atoms with Crippen molar-refractivity contribution >= 4 is 6.09 Å². The van der Waals surface area contributed by atoms with Gasteiger partial charge in [0.25, 0.3) is 0 Å². The molecule has 4 fully saturated rings. The Morgan fingerprint density at radius 2 is 2.13 bits per heavy atom. The number of carbonyl (C=O) groups excluding carboxylic acids is 1. The number of fused-ring (bicyclic) bond motifs is 1. The molecular formula is C22H28N4O4. The van der Waals surface area contributed by atoms with Gasteiger partial charge in [0.2, 0.25) is 0 Å². The second-order valence-electron chi connectivity index (χ2n) is 8.88. The maximum atomic E-state index is 12.3. The van der Waals surface area contributed by atoms with Crippen molar-refractivity contribution in [1.29, 1.82) is 0 Å². The number of benzene rings is 1. The molecule has 0 radical (unpaired) electrons. The van der Waals surface area contributed by atoms with Crippen LogP contribution in [0.25, 0.3) is 11.3 Å². The van der Waals surface area contributed by atoms with Gasteiger partial charge in [0.05, 0.1) is 12.2 Å². The Morgan fingerprint density at radius 3 is 2.83 bits per heavy atom. The molecule has 3 saturated heterocycles. The van der Waals surface area contributed by atoms with E-state index in [0.717, 1.165) is 29.9 Å². The van der Waals surface area contributed by atoms with Gasteiger partial charge in [0.15, 0.2) is 12.2 Å². The van der Waals surface area contributed by atoms with Gasteiger partial charge in [-0.1, -0.05) is 24.3 Å². The van der Waals surface area contributed by atoms with Crippen LogP contribution >= 0.6 is 0 Å². The Kier molecular flexibility index (Phi) is 5.22. The Labute approximate surface area is 175 Å². The number of nitrogens with one attached hydrogen (secondary N) is 3. The van der Waals surface area contributed by atoms with Crippen molar-refractivity contribution in [3.05, 3.63) is 42.4 Å². The zero-order chi connectivity index (χ0) is 20.6. The van der Waals surface area contributed by atoms with Gasteiger partial charge in [-0.25, -0.2) is 9.78 Å². The molecule has 6 rings (SSSR count). The van der Waals surface area contributed by atoms with Crippen LogP contribution in [0.4, 0.5) is 4.79 Å². The fourth-order valence-electron chi connectivity index (χ4n) is 5.06. The van der Waals surface area contributed by atoms with Crippen LogP contribution in [0, 0.1) is 5.41 Å². The number of aliphatic hydroxyl groups is 1. The Hall–Kier alpha value is -2.42. The van der Waals surface area contributed by atoms with Crippen molar-refractivity contribution in [2.45, 2.75) is 50.0 Å². The number of carbonyl (C=O) groups is 1. The molecule has 4 aliphatic rings. The lowest BCUT2D eigenvalue weighted by Gasteiger charge is -2.37. The molecule has 2 aromatic rings. The fourth-order valence-corrected chi connectivity index (χ4v) is 5.06. The molecular weight excluding hydrogens is 384 g/mol. The molecule has 0 unspecified atom stereocenters. The molecule has 3 atom stereocenters. The van der Waals surface area contributed by atoms with Crippen molar-refractivity contribution in [1.82, 2.24) is 20.9 Å². The smallest absolute Gasteiger partial charge is 0.407 e. The van der Waals surface area contributed by atoms with Crippen LogP contribution in [0.15, 0.2) is 41.3 Å². The van der Waals surface area contributed by atoms with E-state index in [1.807, 2.05) is 24.3 Å². The van der Waals surface area contributed by atoms with Gasteiger partial charge in [-0.05, 0) is 36.7 Å². The highest BCUT2D eigenvalue weighted by atomic mass is 16.6. The van der Waals surface area contributed by atoms with E-state index in [0.29, 0.717) is 31.0 Å². The molecule has 2 bridgehead atoms. The van der Waals surface area contributed by atoms with Crippen LogP contribution in [0.1, 0.15) is 24.8 Å². The molecule has 1 aliphatic carbocycles. The predicted octanol–water partition coefficient (Wildman–Crippen LogP) is 1.45. The van der Waals surface area contributed by atoms with Crippen molar-refractivity contribution in [2.24, 2.45) is 5.41 Å². The largest absolute Gasteiger partial charge is 0.444 e. The lowest BCUT2D eigenvalue weighted by molar-refractivity contribution is 0.0184. The normalized spacial score (nSPS) is 32.0. The van der Waals surface area contributed by atoms with Crippen molar-refractivity contribution < 1.29 is 19.1 Å². The summed E-state index contributed by atoms with van der Waals surface area (Å²) in [5.74, 6) is 0.721. The summed E-state index contributed by atoms with van der Waals surface area (Å²) in [6.07, 6.45) is 5.41. The Bertz CT molecular complexity index is 858. The quantitative estimate of drug-likeness (QED) is 0.545. The topological polar surface area (TPSA) is 109 Å². The van der Waals surface area contributed by atoms with Gasteiger partial charge < -0.3 is 30.2 Å². The van der Waals surface area contributed by atoms with Crippen molar-refractivity contribution in [3.8, 4) is 11.3 Å². The van der Waals surface area contributed by atoms with Crippen LogP contribution < -0.4 is 16.0 Å². The van der Waals surface area contributed by atoms with E-state index >= 15 is 0 Å². The first-order valence-corrected chi connectivity index (χ1v) is 10.7. The first-order chi connectivity index (χ1) is 14.6. The van der Waals surface area contributed by atoms with Crippen LogP contribution in [0.2, 0.25) is 0 Å². The number of hydrogen-bond acceptors (Lipinski definition) is 7. The van der Waals surface area contributed by atoms with Gasteiger partial charge in [-0.3, -0.25) is 0 Å². The average molecular weight is 412 g/mol. The summed E-state index contributed by atoms with van der Waals surface area (Å²) in [4.78, 5) is 16.2. The molecule has 4 N–H and O–H groups in total. The molecule has 1 aromatic carbocycles. The van der Waals surface area contributed by atoms with Gasteiger partial charge in [-0.2, -0.15) is 0 Å². The fraction of sp³-hybridized carbons (Fsp3) is 0.545. The molecule has 4 heterocycles. The van der Waals surface area contributed by atoms with Crippen molar-refractivity contribution in [2.75, 3.05) is 19.6 Å². The number of nitrogens with zero attached hydrogens (tertiary/aromatic N) is 1. The van der Waals surface area contributed by atoms with Crippen LogP contribution in [-0.4, -0.2) is 60.1 Å². The second-order valence-corrected chi connectivity index (χ2v) is 8.88. The zero-order valence-corrected chi connectivity index (χ0v) is 16.8. The minimum Gasteiger partial charge on any atom is -0.444 e. The summed E-state index contributed by atoms with van der Waals surface area (Å²) >= 11 is 0. The number of hydrogen-bond donors (Lipinski definition) is 4. The molecule has 8 heteroatoms. The lowest BCUT2D eigenvalue weighted by Crippen LogP contribution is -2.42. The van der Waals surface area contributed by atoms with E-state index in [9.17, 15) is 9.90 Å². The second kappa shape index (κ2) is 8.02. The number of aromatic nitrogens is 1. The zero-order valence-electron chi connectivity index (χ0n) is 16.8. The van der Waals surface area contributed by atoms with E-state index in [4.69, 9.17) is 9.15 Å². The SMILES string of the molecule is O=C(NCCC12CNC(C1)C2)O[C@@H]1[C@@H](O)CN[C@@H]1Cc1ccc(-c2cnco2)cc1. The van der Waals surface area contributed by atoms with E-state index in [-0.39, 0.29) is 6.04 Å². The van der Waals surface area contributed by atoms with Gasteiger partial charge >= 0.3 is 6.09 Å². The highest BCUT2D eigenvalue weighted by Gasteiger charge is 2.49. The summed E-state index contributed by atoms with van der Waals surface area (Å²) < 4.78 is 10.9. The monoisotopic (exact) mass is 412 g/mol. The van der Waals surface area contributed by atoms with Crippen LogP contribution in [0.5, 0.6) is 0 Å². The number of ether oxygens (including phenoxy) is 1. The van der Waals surface area contributed by atoms with E-state index in [1.54, 1.807) is 6.20 Å². The molecule has 3 aliphatic heterocycles. The standard InChI is InChI=1S/C22H28N4O4/c27-18-10-25-17(7-14-1-3-15(4-2-14)19-11-23-13-29-19)20(18)30-21(28)24-6-5-22-8-16(9-22)26-12-22/h1-4,11,13,16-18,20,25-27H,5-10,12H2,(H,24,28)/t16?,17-,18+,20+,22?/m1/s1. The van der Waals surface area contributed by atoms with Gasteiger partial charge in [0, 0.05) is 31.2 Å². The van der Waals surface area contributed by atoms with Gasteiger partial charge in [-0.15, -0.1) is 0 Å². The highest BCUT2D eigenvalue weighted by molar-refractivity contribution is 5.67. The minimum absolute atomic E-state index is 0.133. The third-order valence-corrected chi connectivity index (χ3v) is 6.78. The summed E-state index contributed by atoms with van der Waals surface area (Å²) in [5, 5.41) is 19.9. The predicted molar refractivity (Wildman–Crippen MR) is 110 cm³/mol. The van der Waals surface area contributed by atoms with Gasteiger partial charge in [0.1, 0.15) is 12.2 Å². The Morgan fingerprint density at radius 1 is 1.30 bits per heavy atom. The number of alkyl carbamates (subject to hydrolysis) is 1. The maximum absolute atomic E-state index is 12.3. The molecule has 1 saturated carbocycles. The maximum Gasteiger partial charge on any atom is 0.407 e. The summed E-state index contributed by atoms with van der Waals surface area (Å²) in [7, 11) is 0. The third kappa shape index (κ3) is 3.95. The number of amides is 1. The molecule has 160 valence electrons. The summed E-state index contributed by atoms with van der Waals surface area (Å²) in [5.41, 5.74) is 2.41. The summed E-state index contributed by atoms with van der Waals surface area (Å²) in [6.45, 7) is 2.07. The molecule has 0 spiro atoms. The van der Waals surface area contributed by atoms with Crippen molar-refractivity contribution in [3.63, 3.8) is 0 Å². The molecule has 8 nitrogen and oxygen atoms in total. The number of β-amino-alcohol motifs (C(OH)–C–C–N with tert-alkyl or cyclic N) is 1. The van der Waals surface area contributed by atoms with Crippen LogP contribution in [-0.2, 0) is 11.2 Å². The highest BCUT2D eigenvalue weighted by Crippen LogP contribution is 2.48. The molecule has 1 aromatic heterocycles. The summed E-state index contributed by atoms with van der Waals surface area (Å²) in [6, 6.07) is 8.54. The first-order valence-electron chi connectivity index (χ1n) is 10.7. The van der Waals surface area contributed by atoms with E-state index in [1.165, 1.54) is 19.2 Å². The van der Waals surface area contributed by atoms with E-state index in [2.05, 4.69) is 20.9 Å². The lowest BCUT2D eigenvalue weighted by atomic mass is 9.68.